The van der Waals surface area contributed by atoms with Gasteiger partial charge in [0, 0.05) is 30.4 Å². The Hall–Kier alpha value is -2.92. The van der Waals surface area contributed by atoms with Crippen LogP contribution in [0.1, 0.15) is 60.4 Å². The van der Waals surface area contributed by atoms with Crippen molar-refractivity contribution >= 4 is 28.5 Å². The molecule has 0 fully saturated rings. The van der Waals surface area contributed by atoms with Gasteiger partial charge in [0.05, 0.1) is 0 Å². The lowest BCUT2D eigenvalue weighted by atomic mass is 9.78. The first-order valence-corrected chi connectivity index (χ1v) is 11.1. The van der Waals surface area contributed by atoms with Gasteiger partial charge in [0.25, 0.3) is 0 Å². The predicted octanol–water partition coefficient (Wildman–Crippen LogP) is 5.73. The summed E-state index contributed by atoms with van der Waals surface area (Å²) in [6.07, 6.45) is 3.16. The van der Waals surface area contributed by atoms with E-state index in [1.807, 2.05) is 4.57 Å². The van der Waals surface area contributed by atoms with Crippen molar-refractivity contribution in [1.82, 2.24) is 4.57 Å². The number of rotatable bonds is 2. The molecule has 0 radical (unpaired) electrons. The topological polar surface area (TPSA) is 59.3 Å². The van der Waals surface area contributed by atoms with Crippen molar-refractivity contribution < 1.29 is 9.90 Å². The van der Waals surface area contributed by atoms with Gasteiger partial charge in [-0.15, -0.1) is 0 Å². The molecule has 2 aromatic heterocycles. The predicted molar refractivity (Wildman–Crippen MR) is 121 cm³/mol. The van der Waals surface area contributed by atoms with E-state index in [9.17, 15) is 14.7 Å². The van der Waals surface area contributed by atoms with Crippen molar-refractivity contribution in [2.75, 3.05) is 0 Å². The Morgan fingerprint density at radius 3 is 2.60 bits per heavy atom. The molecular weight excluding hydrogens is 394 g/mol. The number of carboxylic acids is 1. The number of hydrogen-bond acceptors (Lipinski definition) is 3. The molecule has 30 heavy (non-hydrogen) atoms. The maximum absolute atomic E-state index is 12.5. The van der Waals surface area contributed by atoms with Crippen molar-refractivity contribution in [1.29, 1.82) is 0 Å². The zero-order chi connectivity index (χ0) is 21.2. The van der Waals surface area contributed by atoms with Gasteiger partial charge in [0.15, 0.2) is 5.43 Å². The maximum Gasteiger partial charge on any atom is 0.341 e. The molecule has 1 N–H and O–H groups in total. The molecule has 5 rings (SSSR count). The zero-order valence-corrected chi connectivity index (χ0v) is 18.0. The van der Waals surface area contributed by atoms with Gasteiger partial charge in [-0.05, 0) is 62.1 Å². The highest BCUT2D eigenvalue weighted by atomic mass is 32.1. The zero-order valence-electron chi connectivity index (χ0n) is 17.2. The molecular formula is C25H23NO3S. The molecule has 1 aliphatic heterocycles. The van der Waals surface area contributed by atoms with Gasteiger partial charge in [-0.3, -0.25) is 4.79 Å². The molecule has 0 spiro atoms. The summed E-state index contributed by atoms with van der Waals surface area (Å²) in [6, 6.07) is 10.4. The highest BCUT2D eigenvalue weighted by Gasteiger charge is 2.37. The maximum atomic E-state index is 12.5. The van der Waals surface area contributed by atoms with Crippen LogP contribution >= 0.6 is 11.3 Å². The quantitative estimate of drug-likeness (QED) is 0.579. The van der Waals surface area contributed by atoms with Gasteiger partial charge >= 0.3 is 5.97 Å². The highest BCUT2D eigenvalue weighted by molar-refractivity contribution is 7.08. The van der Waals surface area contributed by atoms with Crippen LogP contribution in [0.15, 0.2) is 52.1 Å². The monoisotopic (exact) mass is 417 g/mol. The Morgan fingerprint density at radius 2 is 1.93 bits per heavy atom. The minimum atomic E-state index is -1.17. The van der Waals surface area contributed by atoms with Crippen molar-refractivity contribution in [2.24, 2.45) is 5.41 Å². The number of carboxylic acid groups (broad SMARTS) is 1. The lowest BCUT2D eigenvalue weighted by Crippen LogP contribution is -2.32. The number of pyridine rings is 1. The van der Waals surface area contributed by atoms with Crippen LogP contribution in [0, 0.1) is 5.41 Å². The molecule has 2 aliphatic rings. The molecule has 0 amide bonds. The lowest BCUT2D eigenvalue weighted by molar-refractivity contribution is 0.0693. The van der Waals surface area contributed by atoms with E-state index in [1.165, 1.54) is 33.9 Å². The summed E-state index contributed by atoms with van der Waals surface area (Å²) in [6.45, 7) is 6.50. The van der Waals surface area contributed by atoms with E-state index >= 15 is 0 Å². The molecule has 0 bridgehead atoms. The number of hydrogen-bond donors (Lipinski definition) is 1. The second kappa shape index (κ2) is 6.54. The number of carbonyl (C=O) groups is 1. The van der Waals surface area contributed by atoms with E-state index in [-0.39, 0.29) is 17.0 Å². The molecule has 3 heterocycles. The molecule has 152 valence electrons. The van der Waals surface area contributed by atoms with Crippen molar-refractivity contribution in [3.63, 3.8) is 0 Å². The number of aromatic nitrogens is 1. The van der Waals surface area contributed by atoms with Gasteiger partial charge in [-0.2, -0.15) is 11.3 Å². The van der Waals surface area contributed by atoms with Gasteiger partial charge in [0.2, 0.25) is 0 Å². The lowest BCUT2D eigenvalue weighted by Gasteiger charge is -2.39. The van der Waals surface area contributed by atoms with Crippen LogP contribution in [0.3, 0.4) is 0 Å². The first-order valence-electron chi connectivity index (χ1n) is 10.1. The van der Waals surface area contributed by atoms with Crippen LogP contribution in [0.4, 0.5) is 0 Å². The Kier molecular flexibility index (Phi) is 4.16. The number of aromatic carboxylic acids is 1. The van der Waals surface area contributed by atoms with E-state index in [2.05, 4.69) is 55.8 Å². The Balaban J connectivity index is 1.68. The van der Waals surface area contributed by atoms with Crippen LogP contribution in [-0.2, 0) is 6.42 Å². The second-order valence-electron chi connectivity index (χ2n) is 9.25. The third-order valence-corrected chi connectivity index (χ3v) is 7.05. The fraction of sp³-hybridized carbons (Fsp3) is 0.280. The van der Waals surface area contributed by atoms with Gasteiger partial charge in [-0.25, -0.2) is 4.79 Å². The van der Waals surface area contributed by atoms with E-state index in [1.54, 1.807) is 17.5 Å². The summed E-state index contributed by atoms with van der Waals surface area (Å²) in [7, 11) is 0. The summed E-state index contributed by atoms with van der Waals surface area (Å²) >= 11 is 1.69. The van der Waals surface area contributed by atoms with Gasteiger partial charge in [-0.1, -0.05) is 39.0 Å². The summed E-state index contributed by atoms with van der Waals surface area (Å²) in [4.78, 5) is 24.1. The number of allylic oxidation sites excluding steroid dienone is 2. The summed E-state index contributed by atoms with van der Waals surface area (Å²) < 4.78 is 2.04. The second-order valence-corrected chi connectivity index (χ2v) is 10.0. The first-order chi connectivity index (χ1) is 14.2. The third-order valence-electron chi connectivity index (χ3n) is 6.37. The number of thiophene rings is 1. The standard InChI is InChI=1S/C25H23NO3S/c1-25(2,3)23-10-18-17-5-4-14(15-6-7-30-13-15)8-16(17)9-19(18)21-11-22(27)20(24(28)29)12-26(21)23/h4-8,11-13,23H,9-10H2,1-3H3,(H,28,29)/t23-/m0/s1. The number of benzene rings is 1. The molecule has 5 heteroatoms. The summed E-state index contributed by atoms with van der Waals surface area (Å²) in [5, 5.41) is 13.7. The third kappa shape index (κ3) is 2.88. The number of fused-ring (bicyclic) bond motifs is 4. The highest BCUT2D eigenvalue weighted by Crippen LogP contribution is 2.50. The summed E-state index contributed by atoms with van der Waals surface area (Å²) in [5.41, 5.74) is 7.61. The summed E-state index contributed by atoms with van der Waals surface area (Å²) in [5.74, 6) is -1.17. The molecule has 0 unspecified atom stereocenters. The fourth-order valence-corrected chi connectivity index (χ4v) is 5.47. The van der Waals surface area contributed by atoms with Crippen LogP contribution in [0.2, 0.25) is 0 Å². The van der Waals surface area contributed by atoms with Gasteiger partial charge in [0.1, 0.15) is 5.56 Å². The minimum Gasteiger partial charge on any atom is -0.477 e. The van der Waals surface area contributed by atoms with Crippen LogP contribution in [0.5, 0.6) is 0 Å². The van der Waals surface area contributed by atoms with E-state index < -0.39 is 11.4 Å². The first kappa shape index (κ1) is 19.1. The molecule has 0 saturated heterocycles. The van der Waals surface area contributed by atoms with Crippen LogP contribution < -0.4 is 5.43 Å². The Bertz CT molecular complexity index is 1270. The Labute approximate surface area is 179 Å². The van der Waals surface area contributed by atoms with Gasteiger partial charge < -0.3 is 9.67 Å². The van der Waals surface area contributed by atoms with Crippen molar-refractivity contribution in [2.45, 2.75) is 39.7 Å². The SMILES string of the molecule is CC(C)(C)[C@@H]1CC2=C(Cc3cc(-c4ccsc4)ccc32)c2cc(=O)c(C(=O)O)cn21. The molecule has 1 atom stereocenters. The van der Waals surface area contributed by atoms with E-state index in [0.29, 0.717) is 0 Å². The molecule has 0 saturated carbocycles. The number of nitrogens with zero attached hydrogens (tertiary/aromatic N) is 1. The van der Waals surface area contributed by atoms with E-state index in [0.717, 1.165) is 24.1 Å². The van der Waals surface area contributed by atoms with Crippen LogP contribution in [-0.4, -0.2) is 15.6 Å². The Morgan fingerprint density at radius 1 is 1.13 bits per heavy atom. The average molecular weight is 418 g/mol. The molecule has 1 aliphatic carbocycles. The van der Waals surface area contributed by atoms with E-state index in [4.69, 9.17) is 0 Å². The van der Waals surface area contributed by atoms with Crippen LogP contribution in [0.25, 0.3) is 22.3 Å². The van der Waals surface area contributed by atoms with Crippen molar-refractivity contribution in [3.05, 3.63) is 79.9 Å². The minimum absolute atomic E-state index is 0.0763. The largest absolute Gasteiger partial charge is 0.477 e. The van der Waals surface area contributed by atoms with Crippen molar-refractivity contribution in [3.8, 4) is 11.1 Å². The molecule has 4 nitrogen and oxygen atoms in total. The molecule has 3 aromatic rings. The smallest absolute Gasteiger partial charge is 0.341 e. The normalized spacial score (nSPS) is 17.5. The average Bonchev–Trinajstić information content (AvgIpc) is 3.33. The molecule has 1 aromatic carbocycles. The fourth-order valence-electron chi connectivity index (χ4n) is 4.81.